The molecule has 1 aromatic carbocycles. The smallest absolute Gasteiger partial charge is 0.406 e. The van der Waals surface area contributed by atoms with Crippen LogP contribution >= 0.6 is 0 Å². The van der Waals surface area contributed by atoms with Crippen LogP contribution in [0.2, 0.25) is 0 Å². The minimum Gasteiger partial charge on any atom is -0.406 e. The topological polar surface area (TPSA) is 46.8 Å². The molecular formula is C20H18F3N3O2. The molecule has 1 aliphatic heterocycles. The molecule has 1 aliphatic rings. The number of aryl methyl sites for hydroxylation is 2. The van der Waals surface area contributed by atoms with Crippen molar-refractivity contribution in [1.29, 1.82) is 0 Å². The van der Waals surface area contributed by atoms with Gasteiger partial charge in [0.2, 0.25) is 0 Å². The van der Waals surface area contributed by atoms with Crippen molar-refractivity contribution in [3.63, 3.8) is 0 Å². The molecule has 8 heteroatoms. The van der Waals surface area contributed by atoms with Crippen LogP contribution in [0.3, 0.4) is 0 Å². The van der Waals surface area contributed by atoms with Crippen molar-refractivity contribution in [2.75, 3.05) is 11.4 Å². The van der Waals surface area contributed by atoms with Crippen LogP contribution in [0.5, 0.6) is 5.75 Å². The van der Waals surface area contributed by atoms with Crippen LogP contribution in [-0.4, -0.2) is 22.3 Å². The third-order valence-electron chi connectivity index (χ3n) is 4.79. The number of hydrogen-bond acceptors (Lipinski definition) is 4. The Bertz CT molecular complexity index is 1090. The van der Waals surface area contributed by atoms with E-state index in [0.717, 1.165) is 29.8 Å². The maximum atomic E-state index is 12.5. The van der Waals surface area contributed by atoms with Gasteiger partial charge in [0.15, 0.2) is 0 Å². The largest absolute Gasteiger partial charge is 0.573 e. The summed E-state index contributed by atoms with van der Waals surface area (Å²) in [7, 11) is 0. The SMILES string of the molecule is Cc1cccn2c(=O)cc(CN3CCCc4cc(OC(F)(F)F)ccc43)nc12. The summed E-state index contributed by atoms with van der Waals surface area (Å²) in [6.07, 6.45) is -1.56. The number of rotatable bonds is 3. The van der Waals surface area contributed by atoms with Gasteiger partial charge >= 0.3 is 6.36 Å². The summed E-state index contributed by atoms with van der Waals surface area (Å²) in [5.41, 5.74) is 3.61. The van der Waals surface area contributed by atoms with Crippen LogP contribution in [0.1, 0.15) is 23.2 Å². The Labute approximate surface area is 159 Å². The fourth-order valence-electron chi connectivity index (χ4n) is 3.60. The minimum atomic E-state index is -4.71. The van der Waals surface area contributed by atoms with E-state index < -0.39 is 6.36 Å². The summed E-state index contributed by atoms with van der Waals surface area (Å²) in [4.78, 5) is 19.0. The first-order valence-corrected chi connectivity index (χ1v) is 8.92. The predicted octanol–water partition coefficient (Wildman–Crippen LogP) is 3.85. The first-order chi connectivity index (χ1) is 13.3. The lowest BCUT2D eigenvalue weighted by atomic mass is 10.0. The van der Waals surface area contributed by atoms with Crippen molar-refractivity contribution >= 4 is 11.3 Å². The fraction of sp³-hybridized carbons (Fsp3) is 0.300. The molecule has 5 nitrogen and oxygen atoms in total. The number of hydrogen-bond donors (Lipinski definition) is 0. The lowest BCUT2D eigenvalue weighted by molar-refractivity contribution is -0.274. The molecule has 28 heavy (non-hydrogen) atoms. The quantitative estimate of drug-likeness (QED) is 0.683. The highest BCUT2D eigenvalue weighted by molar-refractivity contribution is 5.58. The molecule has 0 N–H and O–H groups in total. The van der Waals surface area contributed by atoms with E-state index in [4.69, 9.17) is 0 Å². The van der Waals surface area contributed by atoms with E-state index >= 15 is 0 Å². The van der Waals surface area contributed by atoms with Crippen LogP contribution in [0.25, 0.3) is 5.65 Å². The summed E-state index contributed by atoms with van der Waals surface area (Å²) in [5, 5.41) is 0. The number of fused-ring (bicyclic) bond motifs is 2. The summed E-state index contributed by atoms with van der Waals surface area (Å²) >= 11 is 0. The van der Waals surface area contributed by atoms with Gasteiger partial charge in [-0.15, -0.1) is 13.2 Å². The van der Waals surface area contributed by atoms with Gasteiger partial charge in [0.05, 0.1) is 12.2 Å². The zero-order valence-electron chi connectivity index (χ0n) is 15.2. The monoisotopic (exact) mass is 389 g/mol. The highest BCUT2D eigenvalue weighted by atomic mass is 19.4. The average Bonchev–Trinajstić information content (AvgIpc) is 2.61. The molecule has 3 aromatic rings. The molecule has 0 unspecified atom stereocenters. The molecule has 0 aliphatic carbocycles. The summed E-state index contributed by atoms with van der Waals surface area (Å²) < 4.78 is 42.9. The van der Waals surface area contributed by atoms with E-state index in [9.17, 15) is 18.0 Å². The van der Waals surface area contributed by atoms with Gasteiger partial charge in [-0.3, -0.25) is 9.20 Å². The second-order valence-corrected chi connectivity index (χ2v) is 6.83. The number of ether oxygens (including phenoxy) is 1. The van der Waals surface area contributed by atoms with Crippen molar-refractivity contribution in [3.8, 4) is 5.75 Å². The third-order valence-corrected chi connectivity index (χ3v) is 4.79. The second kappa shape index (κ2) is 6.85. The average molecular weight is 389 g/mol. The fourth-order valence-corrected chi connectivity index (χ4v) is 3.60. The zero-order valence-corrected chi connectivity index (χ0v) is 15.2. The Balaban J connectivity index is 1.65. The lowest BCUT2D eigenvalue weighted by Crippen LogP contribution is -2.30. The number of benzene rings is 1. The molecule has 3 heterocycles. The van der Waals surface area contributed by atoms with E-state index in [1.165, 1.54) is 22.6 Å². The van der Waals surface area contributed by atoms with Gasteiger partial charge in [0, 0.05) is 24.5 Å². The molecule has 0 fully saturated rings. The van der Waals surface area contributed by atoms with Gasteiger partial charge in [0.1, 0.15) is 11.4 Å². The maximum absolute atomic E-state index is 12.5. The molecule has 0 saturated heterocycles. The zero-order chi connectivity index (χ0) is 19.9. The van der Waals surface area contributed by atoms with Gasteiger partial charge in [-0.2, -0.15) is 0 Å². The molecule has 2 aromatic heterocycles. The van der Waals surface area contributed by atoms with E-state index in [1.807, 2.05) is 17.9 Å². The second-order valence-electron chi connectivity index (χ2n) is 6.83. The standard InChI is InChI=1S/C20H18F3N3O2/c1-13-4-2-9-26-18(27)11-15(24-19(13)26)12-25-8-3-5-14-10-16(6-7-17(14)25)28-20(21,22)23/h2,4,6-7,9-11H,3,5,8,12H2,1H3. The summed E-state index contributed by atoms with van der Waals surface area (Å²) in [6, 6.07) is 9.58. The van der Waals surface area contributed by atoms with Crippen LogP contribution in [-0.2, 0) is 13.0 Å². The van der Waals surface area contributed by atoms with E-state index in [-0.39, 0.29) is 11.3 Å². The number of nitrogens with zero attached hydrogens (tertiary/aromatic N) is 3. The Morgan fingerprint density at radius 3 is 2.82 bits per heavy atom. The molecule has 0 amide bonds. The Hall–Kier alpha value is -3.03. The Kier molecular flexibility index (Phi) is 4.49. The van der Waals surface area contributed by atoms with E-state index in [0.29, 0.717) is 24.3 Å². The van der Waals surface area contributed by atoms with Crippen LogP contribution in [0.15, 0.2) is 47.4 Å². The van der Waals surface area contributed by atoms with Gasteiger partial charge in [0.25, 0.3) is 5.56 Å². The van der Waals surface area contributed by atoms with E-state index in [1.54, 1.807) is 18.3 Å². The highest BCUT2D eigenvalue weighted by Crippen LogP contribution is 2.33. The van der Waals surface area contributed by atoms with Gasteiger partial charge in [-0.1, -0.05) is 6.07 Å². The first-order valence-electron chi connectivity index (χ1n) is 8.92. The number of pyridine rings is 1. The molecule has 0 spiro atoms. The normalized spacial score (nSPS) is 14.2. The van der Waals surface area contributed by atoms with Crippen molar-refractivity contribution in [3.05, 3.63) is 69.8 Å². The van der Waals surface area contributed by atoms with Crippen LogP contribution in [0, 0.1) is 6.92 Å². The Morgan fingerprint density at radius 2 is 2.04 bits per heavy atom. The molecule has 0 atom stereocenters. The highest BCUT2D eigenvalue weighted by Gasteiger charge is 2.31. The van der Waals surface area contributed by atoms with Gasteiger partial charge in [-0.25, -0.2) is 4.98 Å². The minimum absolute atomic E-state index is 0.158. The molecule has 0 saturated carbocycles. The first kappa shape index (κ1) is 18.3. The van der Waals surface area contributed by atoms with Crippen molar-refractivity contribution in [2.45, 2.75) is 32.7 Å². The number of anilines is 1. The molecular weight excluding hydrogens is 371 g/mol. The molecule has 0 bridgehead atoms. The lowest BCUT2D eigenvalue weighted by Gasteiger charge is -2.31. The van der Waals surface area contributed by atoms with Crippen LogP contribution < -0.4 is 15.2 Å². The van der Waals surface area contributed by atoms with Crippen molar-refractivity contribution in [2.24, 2.45) is 0 Å². The van der Waals surface area contributed by atoms with Gasteiger partial charge < -0.3 is 9.64 Å². The number of halogens is 3. The number of aromatic nitrogens is 2. The van der Waals surface area contributed by atoms with Gasteiger partial charge in [-0.05, 0) is 55.2 Å². The molecule has 0 radical (unpaired) electrons. The van der Waals surface area contributed by atoms with Crippen molar-refractivity contribution in [1.82, 2.24) is 9.38 Å². The van der Waals surface area contributed by atoms with E-state index in [2.05, 4.69) is 9.72 Å². The number of alkyl halides is 3. The summed E-state index contributed by atoms with van der Waals surface area (Å²) in [6.45, 7) is 3.04. The third kappa shape index (κ3) is 3.67. The van der Waals surface area contributed by atoms with Crippen LogP contribution in [0.4, 0.5) is 18.9 Å². The predicted molar refractivity (Wildman–Crippen MR) is 98.7 cm³/mol. The molecule has 4 rings (SSSR count). The Morgan fingerprint density at radius 1 is 1.21 bits per heavy atom. The maximum Gasteiger partial charge on any atom is 0.573 e. The summed E-state index contributed by atoms with van der Waals surface area (Å²) in [5.74, 6) is -0.217. The van der Waals surface area contributed by atoms with Crippen molar-refractivity contribution < 1.29 is 17.9 Å². The molecule has 146 valence electrons.